The molecule has 4 heteroatoms. The summed E-state index contributed by atoms with van der Waals surface area (Å²) in [5.41, 5.74) is 0.0833. The Bertz CT molecular complexity index is 348. The van der Waals surface area contributed by atoms with E-state index < -0.39 is 10.1 Å². The first kappa shape index (κ1) is 19.0. The summed E-state index contributed by atoms with van der Waals surface area (Å²) < 4.78 is 31.1. The van der Waals surface area contributed by atoms with Gasteiger partial charge in [-0.05, 0) is 24.7 Å². The molecule has 0 spiro atoms. The summed E-state index contributed by atoms with van der Waals surface area (Å²) in [4.78, 5) is 0. The van der Waals surface area contributed by atoms with Crippen molar-refractivity contribution in [2.24, 2.45) is 5.41 Å². The van der Waals surface area contributed by atoms with E-state index in [4.69, 9.17) is 4.55 Å². The summed E-state index contributed by atoms with van der Waals surface area (Å²) in [7, 11) is -3.82. The van der Waals surface area contributed by atoms with Crippen molar-refractivity contribution < 1.29 is 13.0 Å². The van der Waals surface area contributed by atoms with E-state index in [1.807, 2.05) is 0 Å². The maximum absolute atomic E-state index is 11.0. The minimum Gasteiger partial charge on any atom is -0.286 e. The number of rotatable bonds is 3. The molecule has 0 aromatic rings. The van der Waals surface area contributed by atoms with E-state index >= 15 is 0 Å². The Morgan fingerprint density at radius 2 is 1.10 bits per heavy atom. The monoisotopic (exact) mass is 318 g/mol. The molecular formula is C17H34O3S. The van der Waals surface area contributed by atoms with Gasteiger partial charge in [0.2, 0.25) is 0 Å². The van der Waals surface area contributed by atoms with Crippen LogP contribution in [0.5, 0.6) is 0 Å². The first-order chi connectivity index (χ1) is 9.91. The minimum absolute atomic E-state index is 0.0799. The average molecular weight is 319 g/mol. The molecule has 0 bridgehead atoms. The average Bonchev–Trinajstić information content (AvgIpc) is 2.41. The second-order valence-electron chi connectivity index (χ2n) is 7.24. The molecule has 0 atom stereocenters. The van der Waals surface area contributed by atoms with E-state index in [-0.39, 0.29) is 11.2 Å². The van der Waals surface area contributed by atoms with E-state index in [0.29, 0.717) is 6.42 Å². The molecule has 0 aliphatic heterocycles. The van der Waals surface area contributed by atoms with E-state index in [2.05, 4.69) is 6.92 Å². The van der Waals surface area contributed by atoms with Crippen molar-refractivity contribution in [3.63, 3.8) is 0 Å². The Kier molecular flexibility index (Phi) is 8.88. The Morgan fingerprint density at radius 1 is 0.762 bits per heavy atom. The van der Waals surface area contributed by atoms with Crippen molar-refractivity contribution in [1.82, 2.24) is 0 Å². The van der Waals surface area contributed by atoms with Gasteiger partial charge >= 0.3 is 0 Å². The van der Waals surface area contributed by atoms with Gasteiger partial charge in [-0.3, -0.25) is 4.55 Å². The highest BCUT2D eigenvalue weighted by atomic mass is 32.2. The summed E-state index contributed by atoms with van der Waals surface area (Å²) in [6, 6.07) is 0. The predicted molar refractivity (Wildman–Crippen MR) is 89.2 cm³/mol. The maximum atomic E-state index is 11.0. The minimum atomic E-state index is -3.82. The lowest BCUT2D eigenvalue weighted by atomic mass is 9.77. The standard InChI is InChI=1S/C17H34O3S/c1-17(15-16-21(18,19)20)13-11-9-7-5-3-2-4-6-8-10-12-14-17/h2-16H2,1H3,(H,18,19,20). The molecule has 0 amide bonds. The van der Waals surface area contributed by atoms with Gasteiger partial charge in [0.25, 0.3) is 10.1 Å². The lowest BCUT2D eigenvalue weighted by Crippen LogP contribution is -2.21. The highest BCUT2D eigenvalue weighted by molar-refractivity contribution is 7.85. The van der Waals surface area contributed by atoms with Crippen molar-refractivity contribution in [2.45, 2.75) is 96.8 Å². The summed E-state index contributed by atoms with van der Waals surface area (Å²) in [6.45, 7) is 2.21. The fraction of sp³-hybridized carbons (Fsp3) is 1.00. The van der Waals surface area contributed by atoms with Crippen LogP contribution >= 0.6 is 0 Å². The molecule has 1 fully saturated rings. The summed E-state index contributed by atoms with van der Waals surface area (Å²) in [5, 5.41) is 0. The smallest absolute Gasteiger partial charge is 0.264 e. The van der Waals surface area contributed by atoms with Gasteiger partial charge in [-0.15, -0.1) is 0 Å². The summed E-state index contributed by atoms with van der Waals surface area (Å²) >= 11 is 0. The second-order valence-corrected chi connectivity index (χ2v) is 8.81. The molecule has 3 nitrogen and oxygen atoms in total. The number of hydrogen-bond donors (Lipinski definition) is 1. The zero-order chi connectivity index (χ0) is 15.6. The Hall–Kier alpha value is -0.0900. The van der Waals surface area contributed by atoms with Crippen LogP contribution in [0.4, 0.5) is 0 Å². The van der Waals surface area contributed by atoms with Crippen molar-refractivity contribution in [3.8, 4) is 0 Å². The van der Waals surface area contributed by atoms with Crippen LogP contribution in [0.1, 0.15) is 96.8 Å². The van der Waals surface area contributed by atoms with Crippen LogP contribution in [0.2, 0.25) is 0 Å². The molecule has 21 heavy (non-hydrogen) atoms. The zero-order valence-corrected chi connectivity index (χ0v) is 14.6. The lowest BCUT2D eigenvalue weighted by molar-refractivity contribution is 0.239. The second kappa shape index (κ2) is 9.83. The third kappa shape index (κ3) is 10.3. The maximum Gasteiger partial charge on any atom is 0.264 e. The zero-order valence-electron chi connectivity index (χ0n) is 13.8. The van der Waals surface area contributed by atoms with Crippen molar-refractivity contribution in [3.05, 3.63) is 0 Å². The summed E-state index contributed by atoms with van der Waals surface area (Å²) in [6.07, 6.45) is 17.2. The molecule has 1 saturated carbocycles. The molecule has 0 unspecified atom stereocenters. The molecule has 1 N–H and O–H groups in total. The van der Waals surface area contributed by atoms with Gasteiger partial charge in [-0.25, -0.2) is 0 Å². The Morgan fingerprint density at radius 3 is 1.43 bits per heavy atom. The van der Waals surface area contributed by atoms with Gasteiger partial charge in [-0.2, -0.15) is 8.42 Å². The molecular weight excluding hydrogens is 284 g/mol. The molecule has 0 aromatic carbocycles. The topological polar surface area (TPSA) is 54.4 Å². The van der Waals surface area contributed by atoms with Crippen LogP contribution < -0.4 is 0 Å². The predicted octanol–water partition coefficient (Wildman–Crippen LogP) is 5.36. The molecule has 0 aromatic heterocycles. The molecule has 1 aliphatic rings. The van der Waals surface area contributed by atoms with Crippen LogP contribution in [-0.4, -0.2) is 18.7 Å². The molecule has 1 aliphatic carbocycles. The fourth-order valence-corrected chi connectivity index (χ4v) is 4.20. The third-order valence-electron chi connectivity index (χ3n) is 5.02. The van der Waals surface area contributed by atoms with E-state index in [0.717, 1.165) is 12.8 Å². The molecule has 0 heterocycles. The van der Waals surface area contributed by atoms with Gasteiger partial charge in [0, 0.05) is 0 Å². The van der Waals surface area contributed by atoms with Crippen molar-refractivity contribution >= 4 is 10.1 Å². The van der Waals surface area contributed by atoms with Gasteiger partial charge in [0.05, 0.1) is 5.75 Å². The molecule has 0 saturated heterocycles. The normalized spacial score (nSPS) is 23.3. The van der Waals surface area contributed by atoms with Gasteiger partial charge in [-0.1, -0.05) is 77.6 Å². The lowest BCUT2D eigenvalue weighted by Gasteiger charge is -2.29. The molecule has 1 rings (SSSR count). The van der Waals surface area contributed by atoms with E-state index in [9.17, 15) is 8.42 Å². The van der Waals surface area contributed by atoms with Crippen LogP contribution in [0.25, 0.3) is 0 Å². The Balaban J connectivity index is 2.47. The Labute approximate surface area is 131 Å². The van der Waals surface area contributed by atoms with Crippen LogP contribution in [-0.2, 0) is 10.1 Å². The largest absolute Gasteiger partial charge is 0.286 e. The van der Waals surface area contributed by atoms with Gasteiger partial charge in [0.1, 0.15) is 0 Å². The molecule has 126 valence electrons. The van der Waals surface area contributed by atoms with Crippen LogP contribution in [0.15, 0.2) is 0 Å². The quantitative estimate of drug-likeness (QED) is 0.713. The highest BCUT2D eigenvalue weighted by Gasteiger charge is 2.25. The fourth-order valence-electron chi connectivity index (χ4n) is 3.44. The highest BCUT2D eigenvalue weighted by Crippen LogP contribution is 2.35. The SMILES string of the molecule is CC1(CCS(=O)(=O)O)CCCCCCCCCCCCC1. The number of hydrogen-bond acceptors (Lipinski definition) is 2. The van der Waals surface area contributed by atoms with E-state index in [1.165, 1.54) is 70.6 Å². The van der Waals surface area contributed by atoms with Crippen LogP contribution in [0, 0.1) is 5.41 Å². The first-order valence-electron chi connectivity index (χ1n) is 8.87. The van der Waals surface area contributed by atoms with Crippen LogP contribution in [0.3, 0.4) is 0 Å². The van der Waals surface area contributed by atoms with Crippen molar-refractivity contribution in [2.75, 3.05) is 5.75 Å². The van der Waals surface area contributed by atoms with E-state index in [1.54, 1.807) is 0 Å². The van der Waals surface area contributed by atoms with Crippen molar-refractivity contribution in [1.29, 1.82) is 0 Å². The third-order valence-corrected chi connectivity index (χ3v) is 5.74. The van der Waals surface area contributed by atoms with Gasteiger partial charge in [0.15, 0.2) is 0 Å². The summed E-state index contributed by atoms with van der Waals surface area (Å²) in [5.74, 6) is -0.0799. The first-order valence-corrected chi connectivity index (χ1v) is 10.5. The van der Waals surface area contributed by atoms with Gasteiger partial charge < -0.3 is 0 Å². The molecule has 0 radical (unpaired) electrons.